The van der Waals surface area contributed by atoms with Crippen LogP contribution in [-0.4, -0.2) is 11.6 Å². The Morgan fingerprint density at radius 1 is 0.806 bits per heavy atom. The van der Waals surface area contributed by atoms with Crippen LogP contribution in [0.1, 0.15) is 30.9 Å². The molecule has 180 valence electrons. The van der Waals surface area contributed by atoms with Gasteiger partial charge in [0.15, 0.2) is 11.3 Å². The summed E-state index contributed by atoms with van der Waals surface area (Å²) in [5, 5.41) is 6.92. The highest BCUT2D eigenvalue weighted by Crippen LogP contribution is 2.61. The Balaban J connectivity index is 1.95. The molecule has 4 heteroatoms. The molecule has 0 aliphatic heterocycles. The number of nitrogens with one attached hydrogen (secondary N) is 1. The van der Waals surface area contributed by atoms with Gasteiger partial charge in [-0.05, 0) is 67.8 Å². The third-order valence-electron chi connectivity index (χ3n) is 6.72. The van der Waals surface area contributed by atoms with E-state index in [0.717, 1.165) is 29.7 Å². The molecule has 4 aromatic carbocycles. The van der Waals surface area contributed by atoms with Gasteiger partial charge in [-0.1, -0.05) is 80.1 Å². The first-order valence-corrected chi connectivity index (χ1v) is 14.2. The molecule has 36 heavy (non-hydrogen) atoms. The molecule has 0 saturated carbocycles. The van der Waals surface area contributed by atoms with E-state index < -0.39 is 7.26 Å². The van der Waals surface area contributed by atoms with E-state index in [1.54, 1.807) is 0 Å². The number of aryl methyl sites for hydroxylation is 2. The highest BCUT2D eigenvalue weighted by Gasteiger charge is 2.55. The number of anilines is 1. The number of amides is 1. The quantitative estimate of drug-likeness (QED) is 0.210. The summed E-state index contributed by atoms with van der Waals surface area (Å²) in [4.78, 5) is 18.0. The van der Waals surface area contributed by atoms with E-state index in [1.807, 2.05) is 44.2 Å². The zero-order valence-corrected chi connectivity index (χ0v) is 22.0. The van der Waals surface area contributed by atoms with Crippen molar-refractivity contribution in [3.05, 3.63) is 126 Å². The minimum Gasteiger partial charge on any atom is -0.322 e. The van der Waals surface area contributed by atoms with Crippen LogP contribution in [0.3, 0.4) is 0 Å². The molecule has 0 fully saturated rings. The van der Waals surface area contributed by atoms with Gasteiger partial charge >= 0.3 is 0 Å². The number of hydrogen-bond donors (Lipinski definition) is 1. The van der Waals surface area contributed by atoms with Crippen molar-refractivity contribution >= 4 is 40.5 Å². The van der Waals surface area contributed by atoms with Crippen LogP contribution >= 0.6 is 7.26 Å². The van der Waals surface area contributed by atoms with E-state index in [4.69, 9.17) is 6.57 Å². The van der Waals surface area contributed by atoms with Crippen molar-refractivity contribution in [2.75, 3.05) is 5.32 Å². The number of benzene rings is 4. The molecule has 0 aromatic heterocycles. The topological polar surface area (TPSA) is 33.5 Å². The number of hydrogen-bond acceptors (Lipinski definition) is 1. The van der Waals surface area contributed by atoms with Gasteiger partial charge in [-0.3, -0.25) is 4.79 Å². The third-order valence-corrected chi connectivity index (χ3v) is 11.5. The fourth-order valence-corrected chi connectivity index (χ4v) is 10.1. The molecule has 0 aliphatic carbocycles. The Labute approximate surface area is 215 Å². The summed E-state index contributed by atoms with van der Waals surface area (Å²) in [5.74, 6) is 0.0310. The number of nitrogens with zero attached hydrogens (tertiary/aromatic N) is 1. The van der Waals surface area contributed by atoms with Crippen LogP contribution in [0.5, 0.6) is 0 Å². The summed E-state index contributed by atoms with van der Waals surface area (Å²) in [6, 6.07) is 35.4. The molecule has 0 radical (unpaired) electrons. The monoisotopic (exact) mass is 491 g/mol. The fourth-order valence-electron chi connectivity index (χ4n) is 5.16. The summed E-state index contributed by atoms with van der Waals surface area (Å²) in [6.45, 7) is 13.4. The Kier molecular flexibility index (Phi) is 7.99. The molecule has 4 aromatic rings. The maximum Gasteiger partial charge on any atom is 0.266 e. The molecule has 3 nitrogen and oxygen atoms in total. The van der Waals surface area contributed by atoms with Crippen molar-refractivity contribution in [2.45, 2.75) is 39.3 Å². The van der Waals surface area contributed by atoms with Gasteiger partial charge < -0.3 is 5.32 Å². The van der Waals surface area contributed by atoms with E-state index in [9.17, 15) is 4.79 Å². The third kappa shape index (κ3) is 4.83. The second kappa shape index (κ2) is 11.3. The Morgan fingerprint density at radius 3 is 1.58 bits per heavy atom. The standard InChI is InChI=1S/C32H31N2OP/c1-5-15-30(32(35)34-31-24(2)22-26(33-4)23-25(31)3)36(27-16-9-6-10-17-27,28-18-11-7-12-19-28)29-20-13-8-14-21-29/h6-14,16-23,30H,5,15H2,1-3H3/p+1. The molecule has 0 spiro atoms. The van der Waals surface area contributed by atoms with Crippen molar-refractivity contribution in [3.63, 3.8) is 0 Å². The molecule has 0 heterocycles. The lowest BCUT2D eigenvalue weighted by Gasteiger charge is -2.34. The smallest absolute Gasteiger partial charge is 0.266 e. The van der Waals surface area contributed by atoms with Crippen molar-refractivity contribution < 1.29 is 4.79 Å². The largest absolute Gasteiger partial charge is 0.322 e. The molecule has 4 rings (SSSR count). The average Bonchev–Trinajstić information content (AvgIpc) is 2.92. The lowest BCUT2D eigenvalue weighted by atomic mass is 10.1. The summed E-state index contributed by atoms with van der Waals surface area (Å²) < 4.78 is 0. The van der Waals surface area contributed by atoms with E-state index in [1.165, 1.54) is 15.9 Å². The molecular formula is C32H32N2OP+. The number of carbonyl (C=O) groups is 1. The lowest BCUT2D eigenvalue weighted by molar-refractivity contribution is -0.115. The summed E-state index contributed by atoms with van der Waals surface area (Å²) in [5.41, 5.74) is 2.96. The number of carbonyl (C=O) groups excluding carboxylic acids is 1. The molecule has 1 N–H and O–H groups in total. The maximum atomic E-state index is 14.4. The van der Waals surface area contributed by atoms with E-state index in [0.29, 0.717) is 5.69 Å². The van der Waals surface area contributed by atoms with Crippen molar-refractivity contribution in [3.8, 4) is 0 Å². The van der Waals surface area contributed by atoms with E-state index in [2.05, 4.69) is 89.9 Å². The minimum absolute atomic E-state index is 0.0310. The molecule has 0 bridgehead atoms. The van der Waals surface area contributed by atoms with E-state index in [-0.39, 0.29) is 11.6 Å². The van der Waals surface area contributed by atoms with Crippen molar-refractivity contribution in [2.24, 2.45) is 0 Å². The Bertz CT molecular complexity index is 1240. The zero-order chi connectivity index (χ0) is 25.5. The zero-order valence-electron chi connectivity index (χ0n) is 21.1. The summed E-state index contributed by atoms with van der Waals surface area (Å²) in [7, 11) is -2.38. The van der Waals surface area contributed by atoms with Crippen LogP contribution < -0.4 is 21.2 Å². The van der Waals surface area contributed by atoms with Gasteiger partial charge in [-0.2, -0.15) is 0 Å². The van der Waals surface area contributed by atoms with Crippen LogP contribution in [0.4, 0.5) is 11.4 Å². The maximum absolute atomic E-state index is 14.4. The van der Waals surface area contributed by atoms with Crippen molar-refractivity contribution in [1.29, 1.82) is 0 Å². The highest BCUT2D eigenvalue weighted by atomic mass is 31.2. The molecule has 0 saturated heterocycles. The average molecular weight is 492 g/mol. The Morgan fingerprint density at radius 2 is 1.22 bits per heavy atom. The highest BCUT2D eigenvalue weighted by molar-refractivity contribution is 7.96. The van der Waals surface area contributed by atoms with Gasteiger partial charge in [0.05, 0.1) is 6.57 Å². The molecule has 1 atom stereocenters. The Hall–Kier alpha value is -3.73. The second-order valence-corrected chi connectivity index (χ2v) is 12.7. The molecule has 1 unspecified atom stereocenters. The van der Waals surface area contributed by atoms with Crippen LogP contribution in [0.15, 0.2) is 103 Å². The van der Waals surface area contributed by atoms with Gasteiger partial charge in [-0.15, -0.1) is 0 Å². The molecule has 0 aliphatic rings. The summed E-state index contributed by atoms with van der Waals surface area (Å²) in [6.07, 6.45) is 1.65. The SMILES string of the molecule is [C-]#[N+]c1cc(C)c(NC(=O)C(CCC)[P+](c2ccccc2)(c2ccccc2)c2ccccc2)c(C)c1. The van der Waals surface area contributed by atoms with Crippen molar-refractivity contribution in [1.82, 2.24) is 0 Å². The van der Waals surface area contributed by atoms with Crippen LogP contribution in [0.2, 0.25) is 0 Å². The lowest BCUT2D eigenvalue weighted by Crippen LogP contribution is -2.44. The molecule has 1 amide bonds. The first kappa shape index (κ1) is 25.4. The fraction of sp³-hybridized carbons (Fsp3) is 0.188. The van der Waals surface area contributed by atoms with Gasteiger partial charge in [-0.25, -0.2) is 4.85 Å². The first-order chi connectivity index (χ1) is 17.5. The van der Waals surface area contributed by atoms with Gasteiger partial charge in [0.1, 0.15) is 23.2 Å². The minimum atomic E-state index is -2.38. The normalized spacial score (nSPS) is 11.9. The molecular weight excluding hydrogens is 459 g/mol. The number of rotatable bonds is 8. The van der Waals surface area contributed by atoms with Crippen LogP contribution in [-0.2, 0) is 4.79 Å². The van der Waals surface area contributed by atoms with Gasteiger partial charge in [0.25, 0.3) is 5.91 Å². The summed E-state index contributed by atoms with van der Waals surface area (Å²) >= 11 is 0. The van der Waals surface area contributed by atoms with Crippen LogP contribution in [0.25, 0.3) is 4.85 Å². The predicted octanol–water partition coefficient (Wildman–Crippen LogP) is 6.96. The second-order valence-electron chi connectivity index (χ2n) is 9.09. The van der Waals surface area contributed by atoms with Gasteiger partial charge in [0.2, 0.25) is 0 Å². The predicted molar refractivity (Wildman–Crippen MR) is 155 cm³/mol. The van der Waals surface area contributed by atoms with Gasteiger partial charge in [0, 0.05) is 5.69 Å². The first-order valence-electron chi connectivity index (χ1n) is 12.4. The van der Waals surface area contributed by atoms with Crippen LogP contribution in [0, 0.1) is 20.4 Å². The van der Waals surface area contributed by atoms with E-state index >= 15 is 0 Å².